The van der Waals surface area contributed by atoms with Crippen molar-refractivity contribution in [2.75, 3.05) is 5.32 Å². The van der Waals surface area contributed by atoms with Crippen LogP contribution in [0.5, 0.6) is 5.75 Å². The van der Waals surface area contributed by atoms with Crippen LogP contribution in [0, 0.1) is 25.2 Å². The van der Waals surface area contributed by atoms with E-state index in [9.17, 15) is 15.2 Å². The van der Waals surface area contributed by atoms with E-state index >= 15 is 0 Å². The molecule has 0 fully saturated rings. The molecule has 0 atom stereocenters. The molecule has 0 bridgehead atoms. The van der Waals surface area contributed by atoms with Crippen LogP contribution in [0.2, 0.25) is 10.0 Å². The molecule has 2 rings (SSSR count). The number of carbonyl (C=O) groups is 1. The Labute approximate surface area is 149 Å². The molecule has 4 nitrogen and oxygen atoms in total. The summed E-state index contributed by atoms with van der Waals surface area (Å²) in [4.78, 5) is 12.3. The lowest BCUT2D eigenvalue weighted by Gasteiger charge is -2.08. The van der Waals surface area contributed by atoms with Crippen LogP contribution < -0.4 is 5.32 Å². The zero-order chi connectivity index (χ0) is 17.9. The minimum Gasteiger partial charge on any atom is -0.507 e. The van der Waals surface area contributed by atoms with Crippen LogP contribution >= 0.6 is 23.2 Å². The molecule has 6 heteroatoms. The van der Waals surface area contributed by atoms with Crippen LogP contribution in [0.25, 0.3) is 6.08 Å². The van der Waals surface area contributed by atoms with Gasteiger partial charge in [-0.2, -0.15) is 5.26 Å². The van der Waals surface area contributed by atoms with Gasteiger partial charge in [0.25, 0.3) is 5.91 Å². The van der Waals surface area contributed by atoms with Crippen LogP contribution in [0.1, 0.15) is 16.7 Å². The molecule has 2 aromatic carbocycles. The number of aryl methyl sites for hydroxylation is 2. The Morgan fingerprint density at radius 3 is 2.38 bits per heavy atom. The fraction of sp³-hybridized carbons (Fsp3) is 0.111. The summed E-state index contributed by atoms with van der Waals surface area (Å²) >= 11 is 11.8. The van der Waals surface area contributed by atoms with E-state index in [0.717, 1.165) is 0 Å². The maximum atomic E-state index is 12.3. The second-order valence-electron chi connectivity index (χ2n) is 5.25. The molecule has 0 heterocycles. The molecule has 0 aliphatic rings. The number of hydrogen-bond donors (Lipinski definition) is 2. The van der Waals surface area contributed by atoms with Gasteiger partial charge in [-0.25, -0.2) is 0 Å². The van der Waals surface area contributed by atoms with Crippen molar-refractivity contribution in [3.05, 3.63) is 62.6 Å². The summed E-state index contributed by atoms with van der Waals surface area (Å²) < 4.78 is 0. The molecule has 0 aliphatic carbocycles. The third-order valence-electron chi connectivity index (χ3n) is 3.37. The molecule has 0 saturated heterocycles. The van der Waals surface area contributed by atoms with Gasteiger partial charge in [-0.15, -0.1) is 0 Å². The number of phenols is 1. The Morgan fingerprint density at radius 1 is 1.21 bits per heavy atom. The second kappa shape index (κ2) is 7.39. The first kappa shape index (κ1) is 17.9. The number of rotatable bonds is 3. The van der Waals surface area contributed by atoms with Gasteiger partial charge in [0.15, 0.2) is 0 Å². The van der Waals surface area contributed by atoms with E-state index in [1.54, 1.807) is 38.1 Å². The van der Waals surface area contributed by atoms with E-state index in [1.165, 1.54) is 12.1 Å². The molecule has 0 saturated carbocycles. The highest BCUT2D eigenvalue weighted by Gasteiger charge is 2.12. The summed E-state index contributed by atoms with van der Waals surface area (Å²) in [5.41, 5.74) is 2.27. The number of carbonyl (C=O) groups excluding carboxylic acids is 1. The predicted molar refractivity (Wildman–Crippen MR) is 96.3 cm³/mol. The summed E-state index contributed by atoms with van der Waals surface area (Å²) in [6.07, 6.45) is 1.46. The van der Waals surface area contributed by atoms with Gasteiger partial charge in [0.05, 0.1) is 10.7 Å². The van der Waals surface area contributed by atoms with E-state index in [-0.39, 0.29) is 16.3 Å². The third kappa shape index (κ3) is 4.08. The van der Waals surface area contributed by atoms with Crippen LogP contribution in [-0.4, -0.2) is 11.0 Å². The third-order valence-corrected chi connectivity index (χ3v) is 3.92. The van der Waals surface area contributed by atoms with Crippen molar-refractivity contribution >= 4 is 40.9 Å². The molecule has 24 heavy (non-hydrogen) atoms. The minimum atomic E-state index is -0.579. The van der Waals surface area contributed by atoms with E-state index in [2.05, 4.69) is 5.32 Å². The average Bonchev–Trinajstić information content (AvgIpc) is 2.52. The van der Waals surface area contributed by atoms with Crippen LogP contribution in [0.3, 0.4) is 0 Å². The van der Waals surface area contributed by atoms with Crippen molar-refractivity contribution in [2.45, 2.75) is 13.8 Å². The van der Waals surface area contributed by atoms with E-state index in [1.807, 2.05) is 6.07 Å². The highest BCUT2D eigenvalue weighted by Crippen LogP contribution is 2.27. The molecule has 1 amide bonds. The van der Waals surface area contributed by atoms with Gasteiger partial charge < -0.3 is 10.4 Å². The summed E-state index contributed by atoms with van der Waals surface area (Å²) in [6, 6.07) is 9.92. The molecular weight excluding hydrogens is 347 g/mol. The Balaban J connectivity index is 2.31. The van der Waals surface area contributed by atoms with Crippen molar-refractivity contribution in [1.82, 2.24) is 0 Å². The number of anilines is 1. The van der Waals surface area contributed by atoms with E-state index < -0.39 is 5.91 Å². The smallest absolute Gasteiger partial charge is 0.266 e. The fourth-order valence-corrected chi connectivity index (χ4v) is 2.62. The average molecular weight is 361 g/mol. The molecule has 0 radical (unpaired) electrons. The highest BCUT2D eigenvalue weighted by molar-refractivity contribution is 6.36. The molecule has 122 valence electrons. The zero-order valence-corrected chi connectivity index (χ0v) is 14.5. The zero-order valence-electron chi connectivity index (χ0n) is 13.0. The normalized spacial score (nSPS) is 11.0. The Kier molecular flexibility index (Phi) is 5.50. The van der Waals surface area contributed by atoms with Crippen LogP contribution in [-0.2, 0) is 4.79 Å². The molecule has 0 aliphatic heterocycles. The number of halogens is 2. The van der Waals surface area contributed by atoms with Crippen molar-refractivity contribution in [3.8, 4) is 11.8 Å². The van der Waals surface area contributed by atoms with Gasteiger partial charge in [0.1, 0.15) is 17.4 Å². The number of nitrogens with one attached hydrogen (secondary N) is 1. The Hall–Kier alpha value is -2.48. The number of nitrogens with zero attached hydrogens (tertiary/aromatic N) is 1. The molecular formula is C18H14Cl2N2O2. The van der Waals surface area contributed by atoms with Gasteiger partial charge in [0.2, 0.25) is 0 Å². The monoisotopic (exact) mass is 360 g/mol. The van der Waals surface area contributed by atoms with Crippen molar-refractivity contribution in [3.63, 3.8) is 0 Å². The first-order valence-corrected chi connectivity index (χ1v) is 7.76. The number of nitriles is 1. The van der Waals surface area contributed by atoms with Gasteiger partial charge in [-0.3, -0.25) is 4.79 Å². The summed E-state index contributed by atoms with van der Waals surface area (Å²) in [7, 11) is 0. The largest absolute Gasteiger partial charge is 0.507 e. The topological polar surface area (TPSA) is 73.1 Å². The van der Waals surface area contributed by atoms with Gasteiger partial charge in [-0.1, -0.05) is 23.2 Å². The number of amides is 1. The lowest BCUT2D eigenvalue weighted by molar-refractivity contribution is -0.112. The summed E-state index contributed by atoms with van der Waals surface area (Å²) in [5.74, 6) is -0.381. The first-order chi connectivity index (χ1) is 11.3. The Morgan fingerprint density at radius 2 is 1.83 bits per heavy atom. The number of aromatic hydroxyl groups is 1. The van der Waals surface area contributed by atoms with Crippen molar-refractivity contribution in [1.29, 1.82) is 5.26 Å². The SMILES string of the molecule is Cc1cc(/C=C(/C#N)C(=O)Nc2ccc(Cl)cc2Cl)cc(C)c1O. The predicted octanol–water partition coefficient (Wildman–Crippen LogP) is 4.86. The summed E-state index contributed by atoms with van der Waals surface area (Å²) in [5, 5.41) is 22.4. The molecule has 2 N–H and O–H groups in total. The quantitative estimate of drug-likeness (QED) is 0.606. The molecule has 0 aromatic heterocycles. The second-order valence-corrected chi connectivity index (χ2v) is 6.10. The van der Waals surface area contributed by atoms with E-state index in [4.69, 9.17) is 23.2 Å². The maximum absolute atomic E-state index is 12.3. The van der Waals surface area contributed by atoms with Gasteiger partial charge >= 0.3 is 0 Å². The Bertz CT molecular complexity index is 860. The van der Waals surface area contributed by atoms with Crippen molar-refractivity contribution in [2.24, 2.45) is 0 Å². The molecule has 2 aromatic rings. The standard InChI is InChI=1S/C18H14Cl2N2O2/c1-10-5-12(6-11(2)17(10)23)7-13(9-21)18(24)22-16-4-3-14(19)8-15(16)20/h3-8,23H,1-2H3,(H,22,24)/b13-7-. The highest BCUT2D eigenvalue weighted by atomic mass is 35.5. The van der Waals surface area contributed by atoms with Gasteiger partial charge in [0, 0.05) is 5.02 Å². The molecule has 0 spiro atoms. The number of benzene rings is 2. The minimum absolute atomic E-state index is 0.0782. The summed E-state index contributed by atoms with van der Waals surface area (Å²) in [6.45, 7) is 3.50. The number of phenolic OH excluding ortho intramolecular Hbond substituents is 1. The van der Waals surface area contributed by atoms with E-state index in [0.29, 0.717) is 27.4 Å². The molecule has 0 unspecified atom stereocenters. The lowest BCUT2D eigenvalue weighted by atomic mass is 10.0. The van der Waals surface area contributed by atoms with Crippen LogP contribution in [0.4, 0.5) is 5.69 Å². The maximum Gasteiger partial charge on any atom is 0.266 e. The van der Waals surface area contributed by atoms with Crippen molar-refractivity contribution < 1.29 is 9.90 Å². The first-order valence-electron chi connectivity index (χ1n) is 7.00. The lowest BCUT2D eigenvalue weighted by Crippen LogP contribution is -2.13. The van der Waals surface area contributed by atoms with Gasteiger partial charge in [-0.05, 0) is 66.9 Å². The van der Waals surface area contributed by atoms with Crippen LogP contribution in [0.15, 0.2) is 35.9 Å². The fourth-order valence-electron chi connectivity index (χ4n) is 2.17. The number of hydrogen-bond acceptors (Lipinski definition) is 3.